The van der Waals surface area contributed by atoms with Gasteiger partial charge in [0.2, 0.25) is 5.91 Å². The summed E-state index contributed by atoms with van der Waals surface area (Å²) in [6.45, 7) is 0.880. The molecule has 0 radical (unpaired) electrons. The summed E-state index contributed by atoms with van der Waals surface area (Å²) in [6.07, 6.45) is 3.50. The Labute approximate surface area is 136 Å². The Morgan fingerprint density at radius 1 is 1.36 bits per heavy atom. The number of aromatic nitrogens is 2. The van der Waals surface area contributed by atoms with E-state index in [0.29, 0.717) is 13.2 Å². The molecule has 0 saturated carbocycles. The highest BCUT2D eigenvalue weighted by Gasteiger charge is 2.19. The molecular formula is C15H21ClN4O2. The average molecular weight is 325 g/mol. The maximum atomic E-state index is 12.1. The Balaban J connectivity index is 0.00000242. The van der Waals surface area contributed by atoms with Gasteiger partial charge in [-0.05, 0) is 19.2 Å². The van der Waals surface area contributed by atoms with E-state index in [9.17, 15) is 4.79 Å². The lowest BCUT2D eigenvalue weighted by atomic mass is 10.1. The number of amides is 1. The van der Waals surface area contributed by atoms with Gasteiger partial charge in [0.1, 0.15) is 18.4 Å². The molecule has 0 fully saturated rings. The van der Waals surface area contributed by atoms with Crippen molar-refractivity contribution in [1.29, 1.82) is 0 Å². The van der Waals surface area contributed by atoms with E-state index in [1.54, 1.807) is 17.9 Å². The number of carbonyl (C=O) groups excluding carboxylic acids is 1. The molecule has 1 amide bonds. The molecule has 120 valence electrons. The summed E-state index contributed by atoms with van der Waals surface area (Å²) in [4.78, 5) is 12.1. The minimum Gasteiger partial charge on any atom is -0.492 e. The van der Waals surface area contributed by atoms with Crippen molar-refractivity contribution in [2.24, 2.45) is 7.05 Å². The molecule has 1 unspecified atom stereocenters. The van der Waals surface area contributed by atoms with Crippen LogP contribution in [0.25, 0.3) is 0 Å². The second kappa shape index (κ2) is 9.07. The van der Waals surface area contributed by atoms with Crippen molar-refractivity contribution in [2.45, 2.75) is 6.04 Å². The zero-order valence-electron chi connectivity index (χ0n) is 12.7. The van der Waals surface area contributed by atoms with Crippen LogP contribution in [-0.4, -0.2) is 35.9 Å². The molecule has 0 saturated heterocycles. The number of hydrogen-bond acceptors (Lipinski definition) is 4. The quantitative estimate of drug-likeness (QED) is 0.753. The van der Waals surface area contributed by atoms with E-state index in [2.05, 4.69) is 15.7 Å². The van der Waals surface area contributed by atoms with Crippen molar-refractivity contribution >= 4 is 18.3 Å². The monoisotopic (exact) mass is 324 g/mol. The number of aryl methyl sites for hydroxylation is 1. The number of nitrogens with one attached hydrogen (secondary N) is 2. The number of rotatable bonds is 7. The fraction of sp³-hybridized carbons (Fsp3) is 0.333. The lowest BCUT2D eigenvalue weighted by Gasteiger charge is -2.14. The molecule has 0 spiro atoms. The van der Waals surface area contributed by atoms with Crippen LogP contribution < -0.4 is 15.4 Å². The Morgan fingerprint density at radius 3 is 2.68 bits per heavy atom. The molecule has 0 bridgehead atoms. The first-order valence-corrected chi connectivity index (χ1v) is 6.82. The third-order valence-electron chi connectivity index (χ3n) is 3.02. The lowest BCUT2D eigenvalue weighted by molar-refractivity contribution is -0.123. The van der Waals surface area contributed by atoms with Gasteiger partial charge in [-0.25, -0.2) is 0 Å². The van der Waals surface area contributed by atoms with E-state index in [1.165, 1.54) is 0 Å². The highest BCUT2D eigenvalue weighted by Crippen LogP contribution is 2.11. The van der Waals surface area contributed by atoms with Crippen LogP contribution in [0, 0.1) is 0 Å². The Kier molecular flexibility index (Phi) is 7.42. The van der Waals surface area contributed by atoms with Gasteiger partial charge in [0.25, 0.3) is 0 Å². The van der Waals surface area contributed by atoms with Gasteiger partial charge >= 0.3 is 0 Å². The first-order chi connectivity index (χ1) is 10.2. The number of hydrogen-bond donors (Lipinski definition) is 2. The molecule has 1 aromatic carbocycles. The van der Waals surface area contributed by atoms with Crippen molar-refractivity contribution < 1.29 is 9.53 Å². The van der Waals surface area contributed by atoms with E-state index < -0.39 is 6.04 Å². The lowest BCUT2D eigenvalue weighted by Crippen LogP contribution is -2.37. The Hall–Kier alpha value is -2.05. The fourth-order valence-electron chi connectivity index (χ4n) is 2.00. The molecule has 0 aliphatic rings. The molecule has 0 aliphatic heterocycles. The third-order valence-corrected chi connectivity index (χ3v) is 3.02. The molecule has 2 rings (SSSR count). The summed E-state index contributed by atoms with van der Waals surface area (Å²) < 4.78 is 7.20. The summed E-state index contributed by atoms with van der Waals surface area (Å²) in [7, 11) is 3.57. The van der Waals surface area contributed by atoms with E-state index in [4.69, 9.17) is 4.74 Å². The topological polar surface area (TPSA) is 68.2 Å². The molecule has 1 atom stereocenters. The highest BCUT2D eigenvalue weighted by atomic mass is 35.5. The minimum atomic E-state index is -0.407. The second-order valence-electron chi connectivity index (χ2n) is 4.62. The number of ether oxygens (including phenoxy) is 1. The zero-order valence-corrected chi connectivity index (χ0v) is 13.5. The molecule has 2 aromatic rings. The van der Waals surface area contributed by atoms with Gasteiger partial charge in [-0.2, -0.15) is 5.10 Å². The predicted octanol–water partition coefficient (Wildman–Crippen LogP) is 1.30. The minimum absolute atomic E-state index is 0. The molecule has 1 heterocycles. The number of halogens is 1. The largest absolute Gasteiger partial charge is 0.492 e. The molecule has 2 N–H and O–H groups in total. The number of benzene rings is 1. The standard InChI is InChI=1S/C15H20N4O2.ClH/c1-16-14(12-10-18-19(2)11-12)15(20)17-8-9-21-13-6-4-3-5-7-13;/h3-7,10-11,14,16H,8-9H2,1-2H3,(H,17,20);1H. The number of para-hydroxylation sites is 1. The van der Waals surface area contributed by atoms with E-state index in [-0.39, 0.29) is 18.3 Å². The van der Waals surface area contributed by atoms with Crippen LogP contribution in [0.15, 0.2) is 42.7 Å². The number of carbonyl (C=O) groups is 1. The number of likely N-dealkylation sites (N-methyl/N-ethyl adjacent to an activating group) is 1. The van der Waals surface area contributed by atoms with Gasteiger partial charge in [-0.3, -0.25) is 9.48 Å². The fourth-order valence-corrected chi connectivity index (χ4v) is 2.00. The molecular weight excluding hydrogens is 304 g/mol. The van der Waals surface area contributed by atoms with Gasteiger partial charge < -0.3 is 15.4 Å². The average Bonchev–Trinajstić information content (AvgIpc) is 2.92. The van der Waals surface area contributed by atoms with Crippen molar-refractivity contribution in [1.82, 2.24) is 20.4 Å². The summed E-state index contributed by atoms with van der Waals surface area (Å²) in [5.41, 5.74) is 0.835. The van der Waals surface area contributed by atoms with Crippen LogP contribution in [-0.2, 0) is 11.8 Å². The van der Waals surface area contributed by atoms with Gasteiger partial charge in [0.05, 0.1) is 12.7 Å². The van der Waals surface area contributed by atoms with Crippen LogP contribution >= 0.6 is 12.4 Å². The summed E-state index contributed by atoms with van der Waals surface area (Å²) in [5, 5.41) is 9.91. The molecule has 7 heteroatoms. The molecule has 22 heavy (non-hydrogen) atoms. The molecule has 1 aromatic heterocycles. The van der Waals surface area contributed by atoms with Gasteiger partial charge in [-0.1, -0.05) is 18.2 Å². The molecule has 0 aliphatic carbocycles. The van der Waals surface area contributed by atoms with Crippen molar-refractivity contribution in [2.75, 3.05) is 20.2 Å². The van der Waals surface area contributed by atoms with Gasteiger partial charge in [-0.15, -0.1) is 12.4 Å². The van der Waals surface area contributed by atoms with Crippen LogP contribution in [0.4, 0.5) is 0 Å². The predicted molar refractivity (Wildman–Crippen MR) is 87.2 cm³/mol. The zero-order chi connectivity index (χ0) is 15.1. The van der Waals surface area contributed by atoms with Crippen molar-refractivity contribution in [3.63, 3.8) is 0 Å². The van der Waals surface area contributed by atoms with E-state index in [0.717, 1.165) is 11.3 Å². The van der Waals surface area contributed by atoms with Crippen LogP contribution in [0.1, 0.15) is 11.6 Å². The third kappa shape index (κ3) is 5.05. The second-order valence-corrected chi connectivity index (χ2v) is 4.62. The van der Waals surface area contributed by atoms with Crippen LogP contribution in [0.2, 0.25) is 0 Å². The SMILES string of the molecule is CNC(C(=O)NCCOc1ccccc1)c1cnn(C)c1.Cl. The maximum absolute atomic E-state index is 12.1. The normalized spacial score (nSPS) is 11.4. The summed E-state index contributed by atoms with van der Waals surface area (Å²) in [5.74, 6) is 0.700. The van der Waals surface area contributed by atoms with Gasteiger partial charge in [0, 0.05) is 18.8 Å². The smallest absolute Gasteiger partial charge is 0.241 e. The first kappa shape index (κ1) is 18.0. The number of nitrogens with zero attached hydrogens (tertiary/aromatic N) is 2. The Morgan fingerprint density at radius 2 is 2.09 bits per heavy atom. The van der Waals surface area contributed by atoms with Crippen LogP contribution in [0.5, 0.6) is 5.75 Å². The van der Waals surface area contributed by atoms with Crippen LogP contribution in [0.3, 0.4) is 0 Å². The van der Waals surface area contributed by atoms with E-state index >= 15 is 0 Å². The van der Waals surface area contributed by atoms with Crippen molar-refractivity contribution in [3.8, 4) is 5.75 Å². The maximum Gasteiger partial charge on any atom is 0.241 e. The summed E-state index contributed by atoms with van der Waals surface area (Å²) >= 11 is 0. The van der Waals surface area contributed by atoms with E-state index in [1.807, 2.05) is 43.6 Å². The summed E-state index contributed by atoms with van der Waals surface area (Å²) in [6, 6.07) is 9.11. The van der Waals surface area contributed by atoms with Gasteiger partial charge in [0.15, 0.2) is 0 Å². The molecule has 6 nitrogen and oxygen atoms in total. The Bertz CT molecular complexity index is 574. The first-order valence-electron chi connectivity index (χ1n) is 6.82. The van der Waals surface area contributed by atoms with Crippen molar-refractivity contribution in [3.05, 3.63) is 48.3 Å². The highest BCUT2D eigenvalue weighted by molar-refractivity contribution is 5.85.